The van der Waals surface area contributed by atoms with E-state index in [2.05, 4.69) is 45.7 Å². The van der Waals surface area contributed by atoms with Crippen molar-refractivity contribution in [3.8, 4) is 0 Å². The van der Waals surface area contributed by atoms with Crippen LogP contribution in [0.5, 0.6) is 0 Å². The lowest BCUT2D eigenvalue weighted by Gasteiger charge is -2.55. The minimum atomic E-state index is -0.542. The van der Waals surface area contributed by atoms with Gasteiger partial charge >= 0.3 is 0 Å². The van der Waals surface area contributed by atoms with Crippen molar-refractivity contribution >= 4 is 0 Å². The summed E-state index contributed by atoms with van der Waals surface area (Å²) in [6, 6.07) is 0.291. The fraction of sp³-hybridized carbons (Fsp3) is 0.931. The van der Waals surface area contributed by atoms with Gasteiger partial charge in [0.25, 0.3) is 0 Å². The highest BCUT2D eigenvalue weighted by Crippen LogP contribution is 2.88. The second kappa shape index (κ2) is 6.32. The number of piperidine rings is 1. The fourth-order valence-corrected chi connectivity index (χ4v) is 12.1. The molecule has 5 aliphatic carbocycles. The van der Waals surface area contributed by atoms with Crippen LogP contribution in [0.3, 0.4) is 0 Å². The van der Waals surface area contributed by atoms with Gasteiger partial charge in [0.05, 0.1) is 17.7 Å². The maximum absolute atomic E-state index is 10.4. The number of aliphatic hydroxyl groups is 1. The third-order valence-electron chi connectivity index (χ3n) is 13.5. The van der Waals surface area contributed by atoms with Gasteiger partial charge in [-0.15, -0.1) is 0 Å². The van der Waals surface area contributed by atoms with Crippen LogP contribution in [0.15, 0.2) is 11.6 Å². The van der Waals surface area contributed by atoms with Gasteiger partial charge in [-0.05, 0) is 93.4 Å². The Labute approximate surface area is 206 Å². The largest absolute Gasteiger partial charge is 0.389 e. The average molecular weight is 470 g/mol. The number of allylic oxidation sites excluding steroid dienone is 1. The lowest BCUT2D eigenvalue weighted by molar-refractivity contribution is -0.190. The molecule has 5 heteroatoms. The highest BCUT2D eigenvalue weighted by atomic mass is 16.5. The maximum atomic E-state index is 10.4. The lowest BCUT2D eigenvalue weighted by atomic mass is 9.54. The highest BCUT2D eigenvalue weighted by Gasteiger charge is 2.89. The average Bonchev–Trinajstić information content (AvgIpc) is 3.20. The number of likely N-dealkylation sites (tertiary alicyclic amines) is 1. The molecule has 5 nitrogen and oxygen atoms in total. The minimum Gasteiger partial charge on any atom is -0.389 e. The number of likely N-dealkylation sites (N-methyl/N-ethyl adjacent to an activating group) is 1. The number of hydrogen-bond acceptors (Lipinski definition) is 5. The van der Waals surface area contributed by atoms with Gasteiger partial charge in [-0.25, -0.2) is 0 Å². The quantitative estimate of drug-likeness (QED) is 0.470. The Bertz CT molecular complexity index is 969. The standard InChI is InChI=1S/C29H47N3O2/c1-17-13-29(31)23(32(5)15-17)18(2)28(34-29)11-10-27(30)21-7-6-19-12-20(33)8-9-24(19,3)22(21)14-26(27)16-25(26,28)4/h12,17-18,20-23,33H,6-11,13-16,30-31H2,1-5H3/t17-,18+,20-,21+,22-,23-,24-,25?,26?,27+,28+,29+/m0/s1. The zero-order valence-corrected chi connectivity index (χ0v) is 22.1. The number of rotatable bonds is 0. The molecule has 7 aliphatic rings. The number of hydrogen-bond donors (Lipinski definition) is 3. The molecule has 4 saturated carbocycles. The molecule has 5 N–H and O–H groups in total. The van der Waals surface area contributed by atoms with Crippen LogP contribution in [0.25, 0.3) is 0 Å². The Morgan fingerprint density at radius 3 is 2.59 bits per heavy atom. The van der Waals surface area contributed by atoms with E-state index in [1.54, 1.807) is 0 Å². The molecular weight excluding hydrogens is 422 g/mol. The van der Waals surface area contributed by atoms with Gasteiger partial charge in [-0.2, -0.15) is 0 Å². The molecule has 0 amide bonds. The molecule has 7 rings (SSSR count). The molecule has 0 bridgehead atoms. The SMILES string of the molecule is C[C@@H]1CN(C)[C@H]2[C@@H](C)[C@@]3(CC[C@@]4(N)[C@@H]5CCC6=C[C@@H](O)CC[C@]6(C)[C@H]5CC45CC53C)O[C@]2(N)C1. The van der Waals surface area contributed by atoms with Gasteiger partial charge in [-0.1, -0.05) is 39.3 Å². The first-order valence-corrected chi connectivity index (χ1v) is 14.2. The summed E-state index contributed by atoms with van der Waals surface area (Å²) in [7, 11) is 2.26. The van der Waals surface area contributed by atoms with Gasteiger partial charge < -0.3 is 21.3 Å². The minimum absolute atomic E-state index is 0.0833. The van der Waals surface area contributed by atoms with E-state index in [0.717, 1.165) is 45.1 Å². The van der Waals surface area contributed by atoms with Crippen molar-refractivity contribution in [1.82, 2.24) is 4.90 Å². The number of aliphatic hydroxyl groups excluding tert-OH is 1. The zero-order chi connectivity index (χ0) is 24.1. The van der Waals surface area contributed by atoms with E-state index in [9.17, 15) is 5.11 Å². The molecule has 0 aromatic rings. The molecule has 0 aromatic carbocycles. The summed E-state index contributed by atoms with van der Waals surface area (Å²) in [5.74, 6) is 2.21. The molecule has 190 valence electrons. The van der Waals surface area contributed by atoms with Crippen molar-refractivity contribution in [2.75, 3.05) is 13.6 Å². The summed E-state index contributed by atoms with van der Waals surface area (Å²) in [5.41, 5.74) is 16.0. The first kappa shape index (κ1) is 22.7. The first-order chi connectivity index (χ1) is 15.9. The van der Waals surface area contributed by atoms with Crippen molar-refractivity contribution in [3.05, 3.63) is 11.6 Å². The second-order valence-corrected chi connectivity index (χ2v) is 14.7. The summed E-state index contributed by atoms with van der Waals surface area (Å²) in [6.07, 6.45) is 11.8. The van der Waals surface area contributed by atoms with Crippen molar-refractivity contribution < 1.29 is 9.84 Å². The zero-order valence-electron chi connectivity index (χ0n) is 22.1. The molecular formula is C29H47N3O2. The molecule has 2 heterocycles. The van der Waals surface area contributed by atoms with Gasteiger partial charge in [0.2, 0.25) is 0 Å². The summed E-state index contributed by atoms with van der Waals surface area (Å²) in [5, 5.41) is 10.4. The Morgan fingerprint density at radius 1 is 1.06 bits per heavy atom. The summed E-state index contributed by atoms with van der Waals surface area (Å²) < 4.78 is 7.27. The topological polar surface area (TPSA) is 84.7 Å². The number of ether oxygens (including phenoxy) is 1. The van der Waals surface area contributed by atoms with Crippen LogP contribution in [0.4, 0.5) is 0 Å². The molecule has 34 heavy (non-hydrogen) atoms. The van der Waals surface area contributed by atoms with Crippen LogP contribution in [-0.4, -0.2) is 52.6 Å². The first-order valence-electron chi connectivity index (χ1n) is 14.2. The molecule has 2 aliphatic heterocycles. The Hall–Kier alpha value is -0.460. The van der Waals surface area contributed by atoms with E-state index in [4.69, 9.17) is 16.2 Å². The maximum Gasteiger partial charge on any atom is 0.133 e. The van der Waals surface area contributed by atoms with E-state index < -0.39 is 5.72 Å². The molecule has 0 radical (unpaired) electrons. The van der Waals surface area contributed by atoms with E-state index in [-0.39, 0.29) is 33.5 Å². The molecule has 2 unspecified atom stereocenters. The van der Waals surface area contributed by atoms with Crippen LogP contribution in [0.2, 0.25) is 0 Å². The van der Waals surface area contributed by atoms with Gasteiger partial charge in [0, 0.05) is 23.4 Å². The summed E-state index contributed by atoms with van der Waals surface area (Å²) in [6.45, 7) is 10.9. The van der Waals surface area contributed by atoms with Crippen molar-refractivity contribution in [3.63, 3.8) is 0 Å². The van der Waals surface area contributed by atoms with Gasteiger partial charge in [-0.3, -0.25) is 4.90 Å². The van der Waals surface area contributed by atoms with Crippen LogP contribution >= 0.6 is 0 Å². The molecule has 2 spiro atoms. The third-order valence-corrected chi connectivity index (χ3v) is 13.5. The molecule has 2 saturated heterocycles. The summed E-state index contributed by atoms with van der Waals surface area (Å²) >= 11 is 0. The van der Waals surface area contributed by atoms with Crippen molar-refractivity contribution in [1.29, 1.82) is 0 Å². The number of nitrogens with two attached hydrogens (primary N) is 2. The molecule has 6 fully saturated rings. The van der Waals surface area contributed by atoms with E-state index >= 15 is 0 Å². The number of fused-ring (bicyclic) bond motifs is 6. The molecule has 0 aromatic heterocycles. The lowest BCUT2D eigenvalue weighted by Crippen LogP contribution is -2.62. The van der Waals surface area contributed by atoms with Crippen LogP contribution in [0, 0.1) is 39.9 Å². The fourth-order valence-electron chi connectivity index (χ4n) is 12.1. The monoisotopic (exact) mass is 469 g/mol. The van der Waals surface area contributed by atoms with Crippen molar-refractivity contribution in [2.24, 2.45) is 51.4 Å². The summed E-state index contributed by atoms with van der Waals surface area (Å²) in [4.78, 5) is 2.51. The Morgan fingerprint density at radius 2 is 1.82 bits per heavy atom. The normalized spacial score (nSPS) is 64.5. The van der Waals surface area contributed by atoms with E-state index in [0.29, 0.717) is 29.7 Å². The van der Waals surface area contributed by atoms with Crippen LogP contribution < -0.4 is 11.5 Å². The Balaban J connectivity index is 1.29. The van der Waals surface area contributed by atoms with Crippen molar-refractivity contribution in [2.45, 2.75) is 114 Å². The predicted octanol–water partition coefficient (Wildman–Crippen LogP) is 3.79. The van der Waals surface area contributed by atoms with E-state index in [1.165, 1.54) is 24.8 Å². The Kier molecular flexibility index (Phi) is 4.23. The van der Waals surface area contributed by atoms with Crippen LogP contribution in [-0.2, 0) is 4.74 Å². The third kappa shape index (κ3) is 2.24. The van der Waals surface area contributed by atoms with Gasteiger partial charge in [0.1, 0.15) is 5.72 Å². The van der Waals surface area contributed by atoms with Gasteiger partial charge in [0.15, 0.2) is 0 Å². The molecule has 12 atom stereocenters. The second-order valence-electron chi connectivity index (χ2n) is 14.7. The predicted molar refractivity (Wildman–Crippen MR) is 134 cm³/mol. The van der Waals surface area contributed by atoms with E-state index in [1.807, 2.05) is 0 Å². The highest BCUT2D eigenvalue weighted by molar-refractivity contribution is 5.41. The smallest absolute Gasteiger partial charge is 0.133 e. The van der Waals surface area contributed by atoms with Crippen LogP contribution in [0.1, 0.15) is 85.5 Å². The number of nitrogens with zero attached hydrogens (tertiary/aromatic N) is 1.